The second kappa shape index (κ2) is 6.85. The van der Waals surface area contributed by atoms with Crippen molar-refractivity contribution in [3.8, 4) is 0 Å². The van der Waals surface area contributed by atoms with Crippen LogP contribution in [0.4, 0.5) is 4.39 Å². The van der Waals surface area contributed by atoms with Gasteiger partial charge in [-0.25, -0.2) is 4.39 Å². The van der Waals surface area contributed by atoms with E-state index in [0.29, 0.717) is 0 Å². The molecule has 0 heterocycles. The van der Waals surface area contributed by atoms with Gasteiger partial charge in [0, 0.05) is 5.54 Å². The summed E-state index contributed by atoms with van der Waals surface area (Å²) in [5.74, 6) is -0.155. The maximum atomic E-state index is 13.0. The molecule has 1 aromatic carbocycles. The molecule has 2 heteroatoms. The smallest absolute Gasteiger partial charge is 0.123 e. The van der Waals surface area contributed by atoms with Crippen LogP contribution in [0.2, 0.25) is 0 Å². The molecule has 0 radical (unpaired) electrons. The number of rotatable bonds is 5. The van der Waals surface area contributed by atoms with Gasteiger partial charge in [0.25, 0.3) is 0 Å². The van der Waals surface area contributed by atoms with Gasteiger partial charge in [0.05, 0.1) is 0 Å². The summed E-state index contributed by atoms with van der Waals surface area (Å²) in [6, 6.07) is 5.02. The first-order chi connectivity index (χ1) is 8.78. The van der Waals surface area contributed by atoms with E-state index < -0.39 is 0 Å². The first kappa shape index (κ1) is 15.9. The highest BCUT2D eigenvalue weighted by atomic mass is 19.1. The monoisotopic (exact) mass is 263 g/mol. The molecule has 1 nitrogen and oxygen atoms in total. The third-order valence-electron chi connectivity index (χ3n) is 3.07. The molecule has 0 fully saturated rings. The fourth-order valence-electron chi connectivity index (χ4n) is 2.00. The molecule has 0 atom stereocenters. The van der Waals surface area contributed by atoms with Crippen LogP contribution in [0.25, 0.3) is 0 Å². The molecule has 1 N–H and O–H groups in total. The largest absolute Gasteiger partial charge is 0.312 e. The van der Waals surface area contributed by atoms with Crippen molar-refractivity contribution in [3.05, 3.63) is 46.8 Å². The number of hydrogen-bond donors (Lipinski definition) is 1. The summed E-state index contributed by atoms with van der Waals surface area (Å²) in [5, 5.41) is 3.47. The van der Waals surface area contributed by atoms with E-state index in [4.69, 9.17) is 0 Å². The zero-order chi connectivity index (χ0) is 14.5. The van der Waals surface area contributed by atoms with E-state index in [2.05, 4.69) is 39.1 Å². The first-order valence-corrected chi connectivity index (χ1v) is 6.93. The molecule has 0 aromatic heterocycles. The SMILES string of the molecule is C/C(=C/CCNC(C)(C)C)Cc1ccc(F)cc1C. The molecule has 1 rings (SSSR count). The first-order valence-electron chi connectivity index (χ1n) is 6.93. The van der Waals surface area contributed by atoms with Gasteiger partial charge in [-0.15, -0.1) is 0 Å². The Bertz CT molecular complexity index is 441. The van der Waals surface area contributed by atoms with Gasteiger partial charge in [-0.05, 0) is 77.3 Å². The predicted molar refractivity (Wildman–Crippen MR) is 81.0 cm³/mol. The summed E-state index contributed by atoms with van der Waals surface area (Å²) in [7, 11) is 0. The van der Waals surface area contributed by atoms with E-state index >= 15 is 0 Å². The molecule has 19 heavy (non-hydrogen) atoms. The van der Waals surface area contributed by atoms with Crippen molar-refractivity contribution >= 4 is 0 Å². The van der Waals surface area contributed by atoms with E-state index in [9.17, 15) is 4.39 Å². The quantitative estimate of drug-likeness (QED) is 0.613. The third-order valence-corrected chi connectivity index (χ3v) is 3.07. The fraction of sp³-hybridized carbons (Fsp3) is 0.529. The molecule has 0 amide bonds. The molecule has 106 valence electrons. The number of halogens is 1. The van der Waals surface area contributed by atoms with Crippen LogP contribution in [0.3, 0.4) is 0 Å². The van der Waals surface area contributed by atoms with Crippen LogP contribution in [-0.2, 0) is 6.42 Å². The van der Waals surface area contributed by atoms with Crippen LogP contribution in [0.15, 0.2) is 29.8 Å². The van der Waals surface area contributed by atoms with Crippen molar-refractivity contribution in [2.24, 2.45) is 0 Å². The van der Waals surface area contributed by atoms with Crippen LogP contribution < -0.4 is 5.32 Å². The molecule has 0 saturated heterocycles. The van der Waals surface area contributed by atoms with Gasteiger partial charge in [-0.3, -0.25) is 0 Å². The van der Waals surface area contributed by atoms with Crippen LogP contribution in [-0.4, -0.2) is 12.1 Å². The third kappa shape index (κ3) is 6.53. The highest BCUT2D eigenvalue weighted by Gasteiger charge is 2.06. The molecule has 0 saturated carbocycles. The minimum atomic E-state index is -0.155. The standard InChI is InChI=1S/C17H26FN/c1-13(7-6-10-19-17(3,4)5)11-15-8-9-16(18)12-14(15)2/h7-9,12,19H,6,10-11H2,1-5H3/b13-7-. The van der Waals surface area contributed by atoms with Crippen molar-refractivity contribution < 1.29 is 4.39 Å². The van der Waals surface area contributed by atoms with Gasteiger partial charge in [0.1, 0.15) is 5.82 Å². The predicted octanol–water partition coefficient (Wildman–Crippen LogP) is 4.40. The summed E-state index contributed by atoms with van der Waals surface area (Å²) in [6.45, 7) is 11.6. The lowest BCUT2D eigenvalue weighted by Gasteiger charge is -2.19. The molecule has 0 aliphatic carbocycles. The Morgan fingerprint density at radius 1 is 1.32 bits per heavy atom. The molecular weight excluding hydrogens is 237 g/mol. The highest BCUT2D eigenvalue weighted by Crippen LogP contribution is 2.14. The van der Waals surface area contributed by atoms with Crippen molar-refractivity contribution in [1.29, 1.82) is 0 Å². The molecule has 0 aliphatic heterocycles. The van der Waals surface area contributed by atoms with Crippen molar-refractivity contribution in [2.75, 3.05) is 6.54 Å². The van der Waals surface area contributed by atoms with Crippen molar-refractivity contribution in [1.82, 2.24) is 5.32 Å². The van der Waals surface area contributed by atoms with Gasteiger partial charge >= 0.3 is 0 Å². The van der Waals surface area contributed by atoms with E-state index in [1.54, 1.807) is 6.07 Å². The lowest BCUT2D eigenvalue weighted by molar-refractivity contribution is 0.431. The number of allylic oxidation sites excluding steroid dienone is 1. The second-order valence-corrected chi connectivity index (χ2v) is 6.26. The number of aryl methyl sites for hydroxylation is 1. The number of benzene rings is 1. The van der Waals surface area contributed by atoms with E-state index in [1.807, 2.05) is 13.0 Å². The fourth-order valence-corrected chi connectivity index (χ4v) is 2.00. The van der Waals surface area contributed by atoms with E-state index in [0.717, 1.165) is 24.9 Å². The number of nitrogens with one attached hydrogen (secondary N) is 1. The van der Waals surface area contributed by atoms with Gasteiger partial charge in [0.2, 0.25) is 0 Å². The topological polar surface area (TPSA) is 12.0 Å². The van der Waals surface area contributed by atoms with Crippen LogP contribution in [0.1, 0.15) is 45.2 Å². The average Bonchev–Trinajstić information content (AvgIpc) is 2.27. The van der Waals surface area contributed by atoms with E-state index in [-0.39, 0.29) is 11.4 Å². The van der Waals surface area contributed by atoms with Gasteiger partial charge < -0.3 is 5.32 Å². The zero-order valence-electron chi connectivity index (χ0n) is 12.8. The molecule has 0 spiro atoms. The van der Waals surface area contributed by atoms with Crippen LogP contribution in [0.5, 0.6) is 0 Å². The van der Waals surface area contributed by atoms with Gasteiger partial charge in [-0.1, -0.05) is 17.7 Å². The molecule has 0 unspecified atom stereocenters. The second-order valence-electron chi connectivity index (χ2n) is 6.26. The molecule has 0 aliphatic rings. The minimum absolute atomic E-state index is 0.155. The Labute approximate surface area is 116 Å². The normalized spacial score (nSPS) is 12.8. The summed E-state index contributed by atoms with van der Waals surface area (Å²) in [4.78, 5) is 0. The summed E-state index contributed by atoms with van der Waals surface area (Å²) < 4.78 is 13.0. The van der Waals surface area contributed by atoms with Crippen LogP contribution in [0, 0.1) is 12.7 Å². The van der Waals surface area contributed by atoms with Crippen molar-refractivity contribution in [3.63, 3.8) is 0 Å². The zero-order valence-corrected chi connectivity index (χ0v) is 12.8. The Balaban J connectivity index is 2.48. The van der Waals surface area contributed by atoms with E-state index in [1.165, 1.54) is 17.2 Å². The Morgan fingerprint density at radius 3 is 2.58 bits per heavy atom. The molecule has 1 aromatic rings. The summed E-state index contributed by atoms with van der Waals surface area (Å²) in [5.41, 5.74) is 3.75. The number of hydrogen-bond acceptors (Lipinski definition) is 1. The summed E-state index contributed by atoms with van der Waals surface area (Å²) in [6.07, 6.45) is 4.20. The molecule has 0 bridgehead atoms. The summed E-state index contributed by atoms with van der Waals surface area (Å²) >= 11 is 0. The average molecular weight is 263 g/mol. The lowest BCUT2D eigenvalue weighted by Crippen LogP contribution is -2.36. The Hall–Kier alpha value is -1.15. The lowest BCUT2D eigenvalue weighted by atomic mass is 10.0. The molecular formula is C17H26FN. The van der Waals surface area contributed by atoms with Gasteiger partial charge in [0.15, 0.2) is 0 Å². The maximum absolute atomic E-state index is 13.0. The van der Waals surface area contributed by atoms with Crippen molar-refractivity contribution in [2.45, 2.75) is 53.0 Å². The Morgan fingerprint density at radius 2 is 2.00 bits per heavy atom. The minimum Gasteiger partial charge on any atom is -0.312 e. The van der Waals surface area contributed by atoms with Gasteiger partial charge in [-0.2, -0.15) is 0 Å². The highest BCUT2D eigenvalue weighted by molar-refractivity contribution is 5.30. The Kier molecular flexibility index (Phi) is 5.74. The van der Waals surface area contributed by atoms with Crippen LogP contribution >= 0.6 is 0 Å². The maximum Gasteiger partial charge on any atom is 0.123 e.